The van der Waals surface area contributed by atoms with E-state index in [1.54, 1.807) is 6.92 Å². The Morgan fingerprint density at radius 2 is 1.91 bits per heavy atom. The van der Waals surface area contributed by atoms with E-state index in [0.717, 1.165) is 29.5 Å². The van der Waals surface area contributed by atoms with Crippen molar-refractivity contribution in [2.24, 2.45) is 0 Å². The normalized spacial score (nSPS) is 10.9. The molecule has 5 heteroatoms. The molecule has 22 heavy (non-hydrogen) atoms. The summed E-state index contributed by atoms with van der Waals surface area (Å²) in [5.41, 5.74) is 3.87. The molecule has 1 amide bonds. The summed E-state index contributed by atoms with van der Waals surface area (Å²) in [6, 6.07) is 3.89. The summed E-state index contributed by atoms with van der Waals surface area (Å²) in [7, 11) is 0. The molecule has 118 valence electrons. The first kappa shape index (κ1) is 16.2. The van der Waals surface area contributed by atoms with Crippen molar-refractivity contribution in [3.05, 3.63) is 39.3 Å². The van der Waals surface area contributed by atoms with Crippen molar-refractivity contribution < 1.29 is 4.79 Å². The Balaban J connectivity index is 2.43. The standard InChI is InChI=1S/C17H23N3O2/c1-5-6-7-18-16(21)10-20-15-9-12(3)11(2)8-14(15)19-13(4)17(20)22/h8-9H,5-7,10H2,1-4H3,(H,18,21). The van der Waals surface area contributed by atoms with Gasteiger partial charge in [0.25, 0.3) is 5.56 Å². The molecule has 0 aliphatic heterocycles. The van der Waals surface area contributed by atoms with E-state index in [1.165, 1.54) is 4.57 Å². The molecule has 0 aliphatic carbocycles. The van der Waals surface area contributed by atoms with Crippen molar-refractivity contribution in [1.82, 2.24) is 14.9 Å². The first-order chi connectivity index (χ1) is 10.4. The van der Waals surface area contributed by atoms with Gasteiger partial charge in [0.1, 0.15) is 12.2 Å². The summed E-state index contributed by atoms with van der Waals surface area (Å²) in [5, 5.41) is 2.85. The van der Waals surface area contributed by atoms with E-state index in [2.05, 4.69) is 17.2 Å². The molecule has 0 fully saturated rings. The first-order valence-corrected chi connectivity index (χ1v) is 7.69. The van der Waals surface area contributed by atoms with E-state index >= 15 is 0 Å². The molecule has 1 heterocycles. The highest BCUT2D eigenvalue weighted by Crippen LogP contribution is 2.16. The lowest BCUT2D eigenvalue weighted by Gasteiger charge is -2.13. The maximum atomic E-state index is 12.4. The van der Waals surface area contributed by atoms with Gasteiger partial charge >= 0.3 is 0 Å². The van der Waals surface area contributed by atoms with Gasteiger partial charge in [0.15, 0.2) is 0 Å². The lowest BCUT2D eigenvalue weighted by Crippen LogP contribution is -2.34. The Hall–Kier alpha value is -2.17. The van der Waals surface area contributed by atoms with Crippen molar-refractivity contribution >= 4 is 16.9 Å². The van der Waals surface area contributed by atoms with Gasteiger partial charge in [-0.15, -0.1) is 0 Å². The number of carbonyl (C=O) groups excluding carboxylic acids is 1. The highest BCUT2D eigenvalue weighted by Gasteiger charge is 2.12. The minimum atomic E-state index is -0.207. The van der Waals surface area contributed by atoms with E-state index in [1.807, 2.05) is 26.0 Å². The molecule has 0 unspecified atom stereocenters. The van der Waals surface area contributed by atoms with Crippen molar-refractivity contribution in [3.8, 4) is 0 Å². The second-order valence-corrected chi connectivity index (χ2v) is 5.72. The maximum Gasteiger partial charge on any atom is 0.272 e. The Labute approximate surface area is 130 Å². The van der Waals surface area contributed by atoms with E-state index in [4.69, 9.17) is 0 Å². The van der Waals surface area contributed by atoms with Gasteiger partial charge < -0.3 is 5.32 Å². The Morgan fingerprint density at radius 1 is 1.23 bits per heavy atom. The third-order valence-corrected chi connectivity index (χ3v) is 3.88. The third-order valence-electron chi connectivity index (χ3n) is 3.88. The second kappa shape index (κ2) is 6.73. The topological polar surface area (TPSA) is 64.0 Å². The summed E-state index contributed by atoms with van der Waals surface area (Å²) in [5.74, 6) is -0.138. The molecular weight excluding hydrogens is 278 g/mol. The summed E-state index contributed by atoms with van der Waals surface area (Å²) < 4.78 is 1.52. The van der Waals surface area contributed by atoms with Crippen LogP contribution in [0.15, 0.2) is 16.9 Å². The van der Waals surface area contributed by atoms with E-state index < -0.39 is 0 Å². The highest BCUT2D eigenvalue weighted by molar-refractivity contribution is 5.81. The molecule has 0 radical (unpaired) electrons. The quantitative estimate of drug-likeness (QED) is 0.861. The predicted octanol–water partition coefficient (Wildman–Crippen LogP) is 2.24. The fourth-order valence-corrected chi connectivity index (χ4v) is 2.39. The SMILES string of the molecule is CCCCNC(=O)Cn1c(=O)c(C)nc2cc(C)c(C)cc21. The Bertz CT molecular complexity index is 763. The average molecular weight is 301 g/mol. The van der Waals surface area contributed by atoms with Crippen molar-refractivity contribution in [2.75, 3.05) is 6.54 Å². The molecular formula is C17H23N3O2. The number of nitrogens with one attached hydrogen (secondary N) is 1. The molecule has 0 spiro atoms. The van der Waals surface area contributed by atoms with Crippen LogP contribution < -0.4 is 10.9 Å². The zero-order chi connectivity index (χ0) is 16.3. The van der Waals surface area contributed by atoms with Gasteiger partial charge in [-0.2, -0.15) is 0 Å². The summed E-state index contributed by atoms with van der Waals surface area (Å²) in [6.07, 6.45) is 1.96. The number of nitrogens with zero attached hydrogens (tertiary/aromatic N) is 2. The zero-order valence-electron chi connectivity index (χ0n) is 13.7. The van der Waals surface area contributed by atoms with Crippen LogP contribution in [0.2, 0.25) is 0 Å². The van der Waals surface area contributed by atoms with E-state index in [9.17, 15) is 9.59 Å². The minimum absolute atomic E-state index is 0.0326. The maximum absolute atomic E-state index is 12.4. The molecule has 5 nitrogen and oxygen atoms in total. The molecule has 2 aromatic rings. The van der Waals surface area contributed by atoms with Crippen LogP contribution in [0.5, 0.6) is 0 Å². The smallest absolute Gasteiger partial charge is 0.272 e. The number of aromatic nitrogens is 2. The molecule has 0 bridgehead atoms. The second-order valence-electron chi connectivity index (χ2n) is 5.72. The number of hydrogen-bond acceptors (Lipinski definition) is 3. The largest absolute Gasteiger partial charge is 0.355 e. The van der Waals surface area contributed by atoms with Gasteiger partial charge in [-0.3, -0.25) is 14.2 Å². The average Bonchev–Trinajstić information content (AvgIpc) is 2.47. The van der Waals surface area contributed by atoms with Gasteiger partial charge in [-0.1, -0.05) is 13.3 Å². The molecule has 0 saturated heterocycles. The van der Waals surface area contributed by atoms with Crippen LogP contribution in [0.1, 0.15) is 36.6 Å². The summed E-state index contributed by atoms with van der Waals surface area (Å²) >= 11 is 0. The fourth-order valence-electron chi connectivity index (χ4n) is 2.39. The van der Waals surface area contributed by atoms with E-state index in [0.29, 0.717) is 17.8 Å². The van der Waals surface area contributed by atoms with Gasteiger partial charge in [0.05, 0.1) is 11.0 Å². The lowest BCUT2D eigenvalue weighted by atomic mass is 10.1. The highest BCUT2D eigenvalue weighted by atomic mass is 16.2. The molecule has 1 aromatic carbocycles. The number of hydrogen-bond donors (Lipinski definition) is 1. The number of fused-ring (bicyclic) bond motifs is 1. The molecule has 1 aromatic heterocycles. The van der Waals surface area contributed by atoms with Gasteiger partial charge in [-0.05, 0) is 50.5 Å². The number of amides is 1. The van der Waals surface area contributed by atoms with Crippen LogP contribution in [-0.2, 0) is 11.3 Å². The minimum Gasteiger partial charge on any atom is -0.355 e. The number of aryl methyl sites for hydroxylation is 3. The molecule has 0 atom stereocenters. The lowest BCUT2D eigenvalue weighted by molar-refractivity contribution is -0.121. The third kappa shape index (κ3) is 3.35. The predicted molar refractivity (Wildman–Crippen MR) is 88.1 cm³/mol. The van der Waals surface area contributed by atoms with Crippen LogP contribution in [0.4, 0.5) is 0 Å². The Kier molecular flexibility index (Phi) is 4.96. The van der Waals surface area contributed by atoms with Crippen molar-refractivity contribution in [3.63, 3.8) is 0 Å². The monoisotopic (exact) mass is 301 g/mol. The Morgan fingerprint density at radius 3 is 2.59 bits per heavy atom. The zero-order valence-corrected chi connectivity index (χ0v) is 13.7. The van der Waals surface area contributed by atoms with Crippen LogP contribution in [-0.4, -0.2) is 22.0 Å². The van der Waals surface area contributed by atoms with Crippen LogP contribution in [0.25, 0.3) is 11.0 Å². The fraction of sp³-hybridized carbons (Fsp3) is 0.471. The molecule has 2 rings (SSSR count). The molecule has 0 aliphatic rings. The number of benzene rings is 1. The van der Waals surface area contributed by atoms with Gasteiger partial charge in [0, 0.05) is 6.54 Å². The first-order valence-electron chi connectivity index (χ1n) is 7.69. The van der Waals surface area contributed by atoms with Crippen LogP contribution in [0, 0.1) is 20.8 Å². The van der Waals surface area contributed by atoms with Gasteiger partial charge in [-0.25, -0.2) is 4.98 Å². The van der Waals surface area contributed by atoms with Crippen molar-refractivity contribution in [1.29, 1.82) is 0 Å². The summed E-state index contributed by atoms with van der Waals surface area (Å²) in [4.78, 5) is 28.8. The van der Waals surface area contributed by atoms with Crippen LogP contribution >= 0.6 is 0 Å². The number of unbranched alkanes of at least 4 members (excludes halogenated alkanes) is 1. The number of carbonyl (C=O) groups is 1. The summed E-state index contributed by atoms with van der Waals surface area (Å²) in [6.45, 7) is 8.43. The van der Waals surface area contributed by atoms with Gasteiger partial charge in [0.2, 0.25) is 5.91 Å². The molecule has 1 N–H and O–H groups in total. The van der Waals surface area contributed by atoms with Crippen LogP contribution in [0.3, 0.4) is 0 Å². The van der Waals surface area contributed by atoms with Crippen molar-refractivity contribution in [2.45, 2.75) is 47.1 Å². The number of rotatable bonds is 5. The van der Waals surface area contributed by atoms with E-state index in [-0.39, 0.29) is 18.0 Å². The molecule has 0 saturated carbocycles.